The van der Waals surface area contributed by atoms with Crippen LogP contribution in [-0.2, 0) is 4.43 Å². The van der Waals surface area contributed by atoms with E-state index in [1.807, 2.05) is 6.20 Å². The number of hydrogen-bond acceptors (Lipinski definition) is 4. The van der Waals surface area contributed by atoms with E-state index in [1.54, 1.807) is 0 Å². The Hall–Kier alpha value is -0.463. The van der Waals surface area contributed by atoms with Crippen LogP contribution in [0.5, 0.6) is 0 Å². The maximum atomic E-state index is 6.60. The second-order valence-corrected chi connectivity index (χ2v) is 13.3. The standard InChI is InChI=1S/C16H28BrN3OSi/c1-16(2,3)22(4,5)21-12-8-6-7-11(9-12)13-10-19-15(18)14(17)20-13/h10-12H,6-9H2,1-5H3,(H2,18,19)/t11-,12?/m0/s1. The van der Waals surface area contributed by atoms with Crippen LogP contribution in [0.4, 0.5) is 5.82 Å². The molecule has 6 heteroatoms. The summed E-state index contributed by atoms with van der Waals surface area (Å²) in [7, 11) is -1.71. The molecule has 0 aromatic carbocycles. The predicted octanol–water partition coefficient (Wildman–Crippen LogP) is 4.87. The van der Waals surface area contributed by atoms with Crippen molar-refractivity contribution in [2.45, 2.75) is 76.6 Å². The Bertz CT molecular complexity index is 531. The van der Waals surface area contributed by atoms with Gasteiger partial charge in [-0.3, -0.25) is 0 Å². The molecule has 1 aliphatic carbocycles. The van der Waals surface area contributed by atoms with Gasteiger partial charge in [-0.2, -0.15) is 0 Å². The zero-order valence-corrected chi connectivity index (χ0v) is 16.9. The molecule has 0 saturated heterocycles. The van der Waals surface area contributed by atoms with E-state index in [0.29, 0.717) is 22.4 Å². The lowest BCUT2D eigenvalue weighted by molar-refractivity contribution is 0.126. The summed E-state index contributed by atoms with van der Waals surface area (Å²) in [5.74, 6) is 0.876. The van der Waals surface area contributed by atoms with Crippen LogP contribution in [0.15, 0.2) is 10.8 Å². The fraction of sp³-hybridized carbons (Fsp3) is 0.750. The van der Waals surface area contributed by atoms with Gasteiger partial charge in [-0.25, -0.2) is 9.97 Å². The molecule has 2 atom stereocenters. The molecule has 0 radical (unpaired) electrons. The highest BCUT2D eigenvalue weighted by Crippen LogP contribution is 2.41. The second kappa shape index (κ2) is 6.57. The minimum Gasteiger partial charge on any atom is -0.414 e. The van der Waals surface area contributed by atoms with Crippen LogP contribution in [0.2, 0.25) is 18.1 Å². The van der Waals surface area contributed by atoms with Crippen LogP contribution < -0.4 is 5.73 Å². The molecule has 2 rings (SSSR count). The Labute approximate surface area is 143 Å². The molecule has 4 nitrogen and oxygen atoms in total. The third kappa shape index (κ3) is 4.09. The first-order chi connectivity index (χ1) is 10.1. The molecule has 22 heavy (non-hydrogen) atoms. The molecule has 124 valence electrons. The van der Waals surface area contributed by atoms with Gasteiger partial charge in [0.15, 0.2) is 14.1 Å². The quantitative estimate of drug-likeness (QED) is 0.753. The Morgan fingerprint density at radius 2 is 2.00 bits per heavy atom. The van der Waals surface area contributed by atoms with E-state index in [0.717, 1.165) is 25.0 Å². The van der Waals surface area contributed by atoms with Crippen molar-refractivity contribution < 1.29 is 4.43 Å². The topological polar surface area (TPSA) is 61.0 Å². The van der Waals surface area contributed by atoms with E-state index in [9.17, 15) is 0 Å². The highest BCUT2D eigenvalue weighted by atomic mass is 79.9. The van der Waals surface area contributed by atoms with Crippen LogP contribution in [0.1, 0.15) is 58.1 Å². The summed E-state index contributed by atoms with van der Waals surface area (Å²) in [6, 6.07) is 0. The van der Waals surface area contributed by atoms with Crippen LogP contribution in [0.25, 0.3) is 0 Å². The molecule has 1 aromatic heterocycles. The van der Waals surface area contributed by atoms with Gasteiger partial charge in [-0.05, 0) is 53.3 Å². The number of halogens is 1. The summed E-state index contributed by atoms with van der Waals surface area (Å²) < 4.78 is 7.25. The molecule has 0 amide bonds. The van der Waals surface area contributed by atoms with E-state index >= 15 is 0 Å². The number of nitrogen functional groups attached to an aromatic ring is 1. The van der Waals surface area contributed by atoms with Crippen molar-refractivity contribution in [3.05, 3.63) is 16.5 Å². The Balaban J connectivity index is 2.07. The van der Waals surface area contributed by atoms with Gasteiger partial charge in [0.1, 0.15) is 4.60 Å². The van der Waals surface area contributed by atoms with E-state index in [1.165, 1.54) is 6.42 Å². The first-order valence-electron chi connectivity index (χ1n) is 8.06. The highest BCUT2D eigenvalue weighted by molar-refractivity contribution is 9.10. The summed E-state index contributed by atoms with van der Waals surface area (Å²) >= 11 is 3.38. The zero-order chi connectivity index (χ0) is 16.5. The first-order valence-corrected chi connectivity index (χ1v) is 11.8. The molecule has 1 aliphatic rings. The summed E-state index contributed by atoms with van der Waals surface area (Å²) in [6.45, 7) is 11.5. The normalized spacial score (nSPS) is 23.5. The molecule has 1 saturated carbocycles. The number of aromatic nitrogens is 2. The van der Waals surface area contributed by atoms with Crippen molar-refractivity contribution in [2.75, 3.05) is 5.73 Å². The lowest BCUT2D eigenvalue weighted by atomic mass is 9.85. The molecule has 1 heterocycles. The largest absolute Gasteiger partial charge is 0.414 e. The second-order valence-electron chi connectivity index (χ2n) is 7.83. The predicted molar refractivity (Wildman–Crippen MR) is 97.4 cm³/mol. The third-order valence-corrected chi connectivity index (χ3v) is 10.2. The molecule has 1 aromatic rings. The van der Waals surface area contributed by atoms with E-state index in [2.05, 4.69) is 59.8 Å². The molecule has 0 bridgehead atoms. The van der Waals surface area contributed by atoms with Gasteiger partial charge in [0.2, 0.25) is 0 Å². The van der Waals surface area contributed by atoms with Crippen LogP contribution in [0.3, 0.4) is 0 Å². The molecule has 0 spiro atoms. The molecular formula is C16H28BrN3OSi. The van der Waals surface area contributed by atoms with Crippen molar-refractivity contribution in [3.63, 3.8) is 0 Å². The molecule has 1 fully saturated rings. The van der Waals surface area contributed by atoms with Gasteiger partial charge in [-0.1, -0.05) is 27.2 Å². The molecule has 0 aliphatic heterocycles. The fourth-order valence-corrected chi connectivity index (χ4v) is 4.41. The molecule has 2 N–H and O–H groups in total. The number of rotatable bonds is 3. The van der Waals surface area contributed by atoms with Crippen molar-refractivity contribution in [1.29, 1.82) is 0 Å². The lowest BCUT2D eigenvalue weighted by Gasteiger charge is -2.41. The van der Waals surface area contributed by atoms with Gasteiger partial charge in [0, 0.05) is 12.0 Å². The minimum absolute atomic E-state index is 0.254. The van der Waals surface area contributed by atoms with Gasteiger partial charge in [-0.15, -0.1) is 0 Å². The van der Waals surface area contributed by atoms with Gasteiger partial charge >= 0.3 is 0 Å². The minimum atomic E-state index is -1.71. The van der Waals surface area contributed by atoms with Crippen molar-refractivity contribution >= 4 is 30.1 Å². The van der Waals surface area contributed by atoms with Crippen LogP contribution >= 0.6 is 15.9 Å². The number of hydrogen-bond donors (Lipinski definition) is 1. The van der Waals surface area contributed by atoms with Gasteiger partial charge in [0.25, 0.3) is 0 Å². The smallest absolute Gasteiger partial charge is 0.192 e. The monoisotopic (exact) mass is 385 g/mol. The van der Waals surface area contributed by atoms with E-state index < -0.39 is 8.32 Å². The number of anilines is 1. The van der Waals surface area contributed by atoms with Gasteiger partial charge in [0.05, 0.1) is 11.9 Å². The average Bonchev–Trinajstić information content (AvgIpc) is 2.40. The highest BCUT2D eigenvalue weighted by Gasteiger charge is 2.40. The Morgan fingerprint density at radius 3 is 2.59 bits per heavy atom. The maximum absolute atomic E-state index is 6.60. The summed E-state index contributed by atoms with van der Waals surface area (Å²) in [5.41, 5.74) is 6.77. The lowest BCUT2D eigenvalue weighted by Crippen LogP contribution is -2.44. The van der Waals surface area contributed by atoms with Crippen LogP contribution in [0, 0.1) is 0 Å². The zero-order valence-electron chi connectivity index (χ0n) is 14.3. The summed E-state index contributed by atoms with van der Waals surface area (Å²) in [6.07, 6.45) is 6.71. The third-order valence-electron chi connectivity index (χ3n) is 5.09. The van der Waals surface area contributed by atoms with Gasteiger partial charge < -0.3 is 10.2 Å². The summed E-state index contributed by atoms with van der Waals surface area (Å²) in [5, 5.41) is 0.254. The molecular weight excluding hydrogens is 358 g/mol. The SMILES string of the molecule is CC(C)(C)[Si](C)(C)OC1CCC[C@H](c2cnc(N)c(Br)n2)C1. The average molecular weight is 386 g/mol. The fourth-order valence-electron chi connectivity index (χ4n) is 2.70. The number of nitrogens with zero attached hydrogens (tertiary/aromatic N) is 2. The Kier molecular flexibility index (Phi) is 5.34. The van der Waals surface area contributed by atoms with Crippen molar-refractivity contribution in [3.8, 4) is 0 Å². The maximum Gasteiger partial charge on any atom is 0.192 e. The van der Waals surface area contributed by atoms with Crippen molar-refractivity contribution in [1.82, 2.24) is 9.97 Å². The number of nitrogens with two attached hydrogens (primary N) is 1. The molecule has 1 unspecified atom stereocenters. The Morgan fingerprint density at radius 1 is 1.32 bits per heavy atom. The van der Waals surface area contributed by atoms with Crippen LogP contribution in [-0.4, -0.2) is 24.4 Å². The first kappa shape index (κ1) is 17.9. The van der Waals surface area contributed by atoms with Crippen molar-refractivity contribution in [2.24, 2.45) is 0 Å². The van der Waals surface area contributed by atoms with E-state index in [-0.39, 0.29) is 5.04 Å². The van der Waals surface area contributed by atoms with E-state index in [4.69, 9.17) is 10.2 Å². The summed E-state index contributed by atoms with van der Waals surface area (Å²) in [4.78, 5) is 8.79.